The lowest BCUT2D eigenvalue weighted by molar-refractivity contribution is -0.160. The van der Waals surface area contributed by atoms with E-state index in [9.17, 15) is 14.7 Å². The molecule has 0 aromatic heterocycles. The Kier molecular flexibility index (Phi) is 4.55. The Morgan fingerprint density at radius 2 is 1.55 bits per heavy atom. The smallest absolute Gasteiger partial charge is 0.320 e. The number of aliphatic hydroxyl groups is 1. The molecule has 0 spiro atoms. The number of hydrogen-bond donors (Lipinski definition) is 3. The Bertz CT molecular complexity index is 514. The highest BCUT2D eigenvalue weighted by molar-refractivity contribution is 5.93. The number of hydrogen-bond acceptors (Lipinski definition) is 3. The second-order valence-corrected chi connectivity index (χ2v) is 5.98. The van der Waals surface area contributed by atoms with Gasteiger partial charge in [-0.3, -0.25) is 9.59 Å². The predicted octanol–water partition coefficient (Wildman–Crippen LogP) is 2.11. The summed E-state index contributed by atoms with van der Waals surface area (Å²) < 4.78 is 0. The predicted molar refractivity (Wildman–Crippen MR) is 73.6 cm³/mol. The van der Waals surface area contributed by atoms with Crippen LogP contribution in [0.25, 0.3) is 0 Å². The maximum Gasteiger partial charge on any atom is 0.320 e. The Morgan fingerprint density at radius 1 is 1.05 bits per heavy atom. The van der Waals surface area contributed by atoms with Crippen molar-refractivity contribution >= 4 is 11.9 Å². The van der Waals surface area contributed by atoms with Crippen molar-refractivity contribution in [3.8, 4) is 0 Å². The minimum atomic E-state index is -1.87. The molecule has 0 saturated heterocycles. The highest BCUT2D eigenvalue weighted by Crippen LogP contribution is 2.29. The van der Waals surface area contributed by atoms with Crippen LogP contribution in [-0.4, -0.2) is 27.3 Å². The van der Waals surface area contributed by atoms with Gasteiger partial charge in [0.1, 0.15) is 6.10 Å². The van der Waals surface area contributed by atoms with E-state index in [1.54, 1.807) is 12.1 Å². The van der Waals surface area contributed by atoms with Crippen LogP contribution in [0.3, 0.4) is 0 Å². The molecule has 1 aromatic carbocycles. The first-order valence-corrected chi connectivity index (χ1v) is 6.30. The van der Waals surface area contributed by atoms with Crippen LogP contribution in [0.2, 0.25) is 0 Å². The van der Waals surface area contributed by atoms with Crippen LogP contribution in [0.15, 0.2) is 18.2 Å². The molecule has 0 bridgehead atoms. The minimum absolute atomic E-state index is 0.178. The Hall–Kier alpha value is -1.88. The standard InChI is InChI=1S/C15H20O5/c1-8-5-9(7-10(6-8)15(2,3)4)12(16)11(13(17)18)14(19)20/h5-7,11-12,16H,1-4H3,(H,17,18)(H,19,20). The van der Waals surface area contributed by atoms with Gasteiger partial charge in [-0.15, -0.1) is 0 Å². The summed E-state index contributed by atoms with van der Waals surface area (Å²) >= 11 is 0. The lowest BCUT2D eigenvalue weighted by Crippen LogP contribution is -2.30. The van der Waals surface area contributed by atoms with Gasteiger partial charge in [0.25, 0.3) is 0 Å². The first kappa shape index (κ1) is 16.2. The van der Waals surface area contributed by atoms with E-state index >= 15 is 0 Å². The van der Waals surface area contributed by atoms with Crippen LogP contribution < -0.4 is 0 Å². The molecule has 0 radical (unpaired) electrons. The number of carbonyl (C=O) groups is 2. The fraction of sp³-hybridized carbons (Fsp3) is 0.467. The lowest BCUT2D eigenvalue weighted by atomic mass is 9.83. The SMILES string of the molecule is Cc1cc(C(O)C(C(=O)O)C(=O)O)cc(C(C)(C)C)c1. The number of aryl methyl sites for hydroxylation is 1. The summed E-state index contributed by atoms with van der Waals surface area (Å²) in [6, 6.07) is 5.21. The van der Waals surface area contributed by atoms with Crippen LogP contribution in [0.5, 0.6) is 0 Å². The zero-order valence-corrected chi connectivity index (χ0v) is 12.0. The third-order valence-electron chi connectivity index (χ3n) is 3.16. The fourth-order valence-electron chi connectivity index (χ4n) is 1.98. The van der Waals surface area contributed by atoms with E-state index in [2.05, 4.69) is 0 Å². The lowest BCUT2D eigenvalue weighted by Gasteiger charge is -2.23. The molecule has 0 aliphatic heterocycles. The normalized spacial score (nSPS) is 13.3. The van der Waals surface area contributed by atoms with E-state index < -0.39 is 24.0 Å². The number of carboxylic acid groups (broad SMARTS) is 2. The van der Waals surface area contributed by atoms with E-state index in [0.717, 1.165) is 11.1 Å². The Balaban J connectivity index is 3.29. The third-order valence-corrected chi connectivity index (χ3v) is 3.16. The van der Waals surface area contributed by atoms with Gasteiger partial charge in [0.2, 0.25) is 0 Å². The molecule has 1 aromatic rings. The maximum absolute atomic E-state index is 11.0. The maximum atomic E-state index is 11.0. The zero-order chi connectivity index (χ0) is 15.7. The van der Waals surface area contributed by atoms with Gasteiger partial charge in [-0.1, -0.05) is 44.5 Å². The largest absolute Gasteiger partial charge is 0.481 e. The number of aliphatic carboxylic acids is 2. The van der Waals surface area contributed by atoms with Crippen LogP contribution in [0.1, 0.15) is 43.6 Å². The number of aliphatic hydroxyl groups excluding tert-OH is 1. The Labute approximate surface area is 117 Å². The van der Waals surface area contributed by atoms with Crippen molar-refractivity contribution in [3.63, 3.8) is 0 Å². The third kappa shape index (κ3) is 3.57. The topological polar surface area (TPSA) is 94.8 Å². The van der Waals surface area contributed by atoms with Crippen molar-refractivity contribution in [2.24, 2.45) is 5.92 Å². The van der Waals surface area contributed by atoms with Gasteiger partial charge < -0.3 is 15.3 Å². The zero-order valence-electron chi connectivity index (χ0n) is 12.0. The van der Waals surface area contributed by atoms with Crippen molar-refractivity contribution in [2.75, 3.05) is 0 Å². The number of rotatable bonds is 4. The van der Waals surface area contributed by atoms with E-state index in [0.29, 0.717) is 5.56 Å². The van der Waals surface area contributed by atoms with Gasteiger partial charge in [0.05, 0.1) is 0 Å². The summed E-state index contributed by atoms with van der Waals surface area (Å²) in [4.78, 5) is 22.0. The molecular weight excluding hydrogens is 260 g/mol. The molecule has 5 nitrogen and oxygen atoms in total. The molecule has 0 aliphatic carbocycles. The quantitative estimate of drug-likeness (QED) is 0.734. The van der Waals surface area contributed by atoms with Gasteiger partial charge in [-0.05, 0) is 23.5 Å². The molecule has 0 fully saturated rings. The van der Waals surface area contributed by atoms with E-state index in [1.807, 2.05) is 33.8 Å². The molecule has 0 amide bonds. The summed E-state index contributed by atoms with van der Waals surface area (Å²) in [6.45, 7) is 7.79. The van der Waals surface area contributed by atoms with Gasteiger partial charge in [0, 0.05) is 0 Å². The summed E-state index contributed by atoms with van der Waals surface area (Å²) in [5.41, 5.74) is 1.90. The highest BCUT2D eigenvalue weighted by atomic mass is 16.4. The molecular formula is C15H20O5. The van der Waals surface area contributed by atoms with Crippen LogP contribution >= 0.6 is 0 Å². The van der Waals surface area contributed by atoms with Crippen molar-refractivity contribution in [1.29, 1.82) is 0 Å². The average Bonchev–Trinajstić information content (AvgIpc) is 2.25. The van der Waals surface area contributed by atoms with Gasteiger partial charge >= 0.3 is 11.9 Å². The van der Waals surface area contributed by atoms with Crippen LogP contribution in [0.4, 0.5) is 0 Å². The molecule has 3 N–H and O–H groups in total. The van der Waals surface area contributed by atoms with Crippen molar-refractivity contribution in [2.45, 2.75) is 39.2 Å². The Morgan fingerprint density at radius 3 is 1.95 bits per heavy atom. The molecule has 20 heavy (non-hydrogen) atoms. The summed E-state index contributed by atoms with van der Waals surface area (Å²) in [7, 11) is 0. The van der Waals surface area contributed by atoms with Crippen molar-refractivity contribution < 1.29 is 24.9 Å². The molecule has 1 rings (SSSR count). The first-order chi connectivity index (χ1) is 9.04. The molecule has 1 atom stereocenters. The van der Waals surface area contributed by atoms with Crippen molar-refractivity contribution in [3.05, 3.63) is 34.9 Å². The summed E-state index contributed by atoms with van der Waals surface area (Å²) in [5, 5.41) is 27.9. The van der Waals surface area contributed by atoms with Crippen LogP contribution in [-0.2, 0) is 15.0 Å². The highest BCUT2D eigenvalue weighted by Gasteiger charge is 2.35. The fourth-order valence-corrected chi connectivity index (χ4v) is 1.98. The second-order valence-electron chi connectivity index (χ2n) is 5.98. The van der Waals surface area contributed by atoms with E-state index in [-0.39, 0.29) is 5.41 Å². The van der Waals surface area contributed by atoms with Gasteiger partial charge in [-0.2, -0.15) is 0 Å². The van der Waals surface area contributed by atoms with Crippen LogP contribution in [0, 0.1) is 12.8 Å². The monoisotopic (exact) mass is 280 g/mol. The molecule has 0 heterocycles. The second kappa shape index (κ2) is 5.63. The molecule has 0 saturated carbocycles. The van der Waals surface area contributed by atoms with Gasteiger partial charge in [0.15, 0.2) is 5.92 Å². The first-order valence-electron chi connectivity index (χ1n) is 6.30. The summed E-state index contributed by atoms with van der Waals surface area (Å²) in [5.74, 6) is -4.97. The van der Waals surface area contributed by atoms with E-state index in [4.69, 9.17) is 10.2 Å². The molecule has 110 valence electrons. The van der Waals surface area contributed by atoms with Crippen molar-refractivity contribution in [1.82, 2.24) is 0 Å². The molecule has 5 heteroatoms. The average molecular weight is 280 g/mol. The van der Waals surface area contributed by atoms with E-state index in [1.165, 1.54) is 0 Å². The van der Waals surface area contributed by atoms with Gasteiger partial charge in [-0.25, -0.2) is 0 Å². The molecule has 0 aliphatic rings. The number of carboxylic acids is 2. The summed E-state index contributed by atoms with van der Waals surface area (Å²) in [6.07, 6.45) is -1.58. The number of benzene rings is 1. The molecule has 1 unspecified atom stereocenters. The minimum Gasteiger partial charge on any atom is -0.481 e.